The maximum absolute atomic E-state index is 13.5. The number of halogens is 1. The molecule has 5 nitrogen and oxygen atoms in total. The van der Waals surface area contributed by atoms with Gasteiger partial charge in [0.05, 0.1) is 6.42 Å². The van der Waals surface area contributed by atoms with E-state index in [-0.39, 0.29) is 24.1 Å². The quantitative estimate of drug-likeness (QED) is 0.683. The van der Waals surface area contributed by atoms with E-state index in [9.17, 15) is 14.0 Å². The van der Waals surface area contributed by atoms with Gasteiger partial charge in [0.2, 0.25) is 5.91 Å². The highest BCUT2D eigenvalue weighted by molar-refractivity contribution is 5.99. The SMILES string of the molecule is CNC(=O)c1cccc(NC(=O)Cc2c(C)[nH]c3ccc(F)cc23)c1. The number of aryl methyl sites for hydroxylation is 1. The molecule has 6 heteroatoms. The molecule has 1 heterocycles. The van der Waals surface area contributed by atoms with Crippen LogP contribution >= 0.6 is 0 Å². The Labute approximate surface area is 144 Å². The molecule has 0 aliphatic carbocycles. The summed E-state index contributed by atoms with van der Waals surface area (Å²) in [6, 6.07) is 11.2. The van der Waals surface area contributed by atoms with E-state index in [1.165, 1.54) is 12.1 Å². The lowest BCUT2D eigenvalue weighted by molar-refractivity contribution is -0.115. The smallest absolute Gasteiger partial charge is 0.251 e. The highest BCUT2D eigenvalue weighted by Crippen LogP contribution is 2.24. The van der Waals surface area contributed by atoms with Gasteiger partial charge in [-0.2, -0.15) is 0 Å². The van der Waals surface area contributed by atoms with Crippen molar-refractivity contribution in [1.29, 1.82) is 0 Å². The van der Waals surface area contributed by atoms with Gasteiger partial charge in [-0.1, -0.05) is 6.07 Å². The van der Waals surface area contributed by atoms with Crippen LogP contribution in [0.1, 0.15) is 21.6 Å². The van der Waals surface area contributed by atoms with Gasteiger partial charge < -0.3 is 15.6 Å². The van der Waals surface area contributed by atoms with Crippen LogP contribution in [0.25, 0.3) is 10.9 Å². The molecular formula is C19H18FN3O2. The Bertz CT molecular complexity index is 962. The molecule has 0 saturated heterocycles. The molecule has 3 aromatic rings. The van der Waals surface area contributed by atoms with Crippen molar-refractivity contribution in [2.24, 2.45) is 0 Å². The number of aromatic nitrogens is 1. The molecule has 2 amide bonds. The molecule has 0 aliphatic heterocycles. The molecule has 3 N–H and O–H groups in total. The average molecular weight is 339 g/mol. The fraction of sp³-hybridized carbons (Fsp3) is 0.158. The van der Waals surface area contributed by atoms with Gasteiger partial charge in [0.1, 0.15) is 5.82 Å². The number of hydrogen-bond donors (Lipinski definition) is 3. The van der Waals surface area contributed by atoms with Crippen LogP contribution < -0.4 is 10.6 Å². The van der Waals surface area contributed by atoms with Crippen LogP contribution in [0.3, 0.4) is 0 Å². The normalized spacial score (nSPS) is 10.7. The number of carbonyl (C=O) groups excluding carboxylic acids is 2. The van der Waals surface area contributed by atoms with Crippen LogP contribution in [-0.2, 0) is 11.2 Å². The number of amides is 2. The molecule has 0 spiro atoms. The summed E-state index contributed by atoms with van der Waals surface area (Å²) in [6.07, 6.45) is 0.111. The van der Waals surface area contributed by atoms with Crippen molar-refractivity contribution in [1.82, 2.24) is 10.3 Å². The minimum absolute atomic E-state index is 0.111. The summed E-state index contributed by atoms with van der Waals surface area (Å²) >= 11 is 0. The molecule has 0 atom stereocenters. The number of rotatable bonds is 4. The van der Waals surface area contributed by atoms with E-state index in [4.69, 9.17) is 0 Å². The fourth-order valence-electron chi connectivity index (χ4n) is 2.83. The van der Waals surface area contributed by atoms with E-state index in [1.54, 1.807) is 37.4 Å². The topological polar surface area (TPSA) is 74.0 Å². The molecule has 0 bridgehead atoms. The molecule has 0 fully saturated rings. The van der Waals surface area contributed by atoms with Gasteiger partial charge in [0.25, 0.3) is 5.91 Å². The van der Waals surface area contributed by atoms with Gasteiger partial charge in [-0.25, -0.2) is 4.39 Å². The number of hydrogen-bond acceptors (Lipinski definition) is 2. The summed E-state index contributed by atoms with van der Waals surface area (Å²) in [7, 11) is 1.55. The number of aromatic amines is 1. The van der Waals surface area contributed by atoms with Crippen molar-refractivity contribution in [3.8, 4) is 0 Å². The molecule has 0 saturated carbocycles. The number of fused-ring (bicyclic) bond motifs is 1. The standard InChI is InChI=1S/C19H18FN3O2/c1-11-15(16-9-13(20)6-7-17(16)22-11)10-18(24)23-14-5-3-4-12(8-14)19(25)21-2/h3-9,22H,10H2,1-2H3,(H,21,25)(H,23,24). The predicted octanol–water partition coefficient (Wildman–Crippen LogP) is 3.16. The third-order valence-corrected chi connectivity index (χ3v) is 4.05. The summed E-state index contributed by atoms with van der Waals surface area (Å²) < 4.78 is 13.5. The molecule has 2 aromatic carbocycles. The minimum atomic E-state index is -0.341. The van der Waals surface area contributed by atoms with E-state index in [0.717, 1.165) is 16.8 Å². The second-order valence-corrected chi connectivity index (χ2v) is 5.80. The molecule has 0 aliphatic rings. The zero-order valence-corrected chi connectivity index (χ0v) is 13.9. The fourth-order valence-corrected chi connectivity index (χ4v) is 2.83. The van der Waals surface area contributed by atoms with Crippen LogP contribution in [0.2, 0.25) is 0 Å². The van der Waals surface area contributed by atoms with Crippen molar-refractivity contribution in [2.45, 2.75) is 13.3 Å². The Hall–Kier alpha value is -3.15. The highest BCUT2D eigenvalue weighted by Gasteiger charge is 2.14. The third-order valence-electron chi connectivity index (χ3n) is 4.05. The first-order valence-corrected chi connectivity index (χ1v) is 7.86. The van der Waals surface area contributed by atoms with Crippen LogP contribution in [0.4, 0.5) is 10.1 Å². The van der Waals surface area contributed by atoms with Gasteiger partial charge >= 0.3 is 0 Å². The number of benzene rings is 2. The van der Waals surface area contributed by atoms with Crippen molar-refractivity contribution in [3.63, 3.8) is 0 Å². The Kier molecular flexibility index (Phi) is 4.52. The second-order valence-electron chi connectivity index (χ2n) is 5.80. The molecule has 128 valence electrons. The Morgan fingerprint density at radius 2 is 1.96 bits per heavy atom. The largest absolute Gasteiger partial charge is 0.358 e. The maximum Gasteiger partial charge on any atom is 0.251 e. The van der Waals surface area contributed by atoms with Crippen molar-refractivity contribution in [3.05, 3.63) is 65.1 Å². The van der Waals surface area contributed by atoms with Crippen molar-refractivity contribution >= 4 is 28.4 Å². The summed E-state index contributed by atoms with van der Waals surface area (Å²) in [5.41, 5.74) is 3.38. The van der Waals surface area contributed by atoms with E-state index >= 15 is 0 Å². The van der Waals surface area contributed by atoms with Crippen LogP contribution in [0.15, 0.2) is 42.5 Å². The van der Waals surface area contributed by atoms with E-state index < -0.39 is 0 Å². The van der Waals surface area contributed by atoms with Gasteiger partial charge in [0.15, 0.2) is 0 Å². The first-order valence-electron chi connectivity index (χ1n) is 7.86. The van der Waals surface area contributed by atoms with Gasteiger partial charge in [-0.15, -0.1) is 0 Å². The number of anilines is 1. The minimum Gasteiger partial charge on any atom is -0.358 e. The average Bonchev–Trinajstić information content (AvgIpc) is 2.89. The molecule has 1 aromatic heterocycles. The van der Waals surface area contributed by atoms with Crippen LogP contribution in [-0.4, -0.2) is 23.8 Å². The highest BCUT2D eigenvalue weighted by atomic mass is 19.1. The van der Waals surface area contributed by atoms with Gasteiger partial charge in [-0.05, 0) is 48.9 Å². The molecule has 3 rings (SSSR count). The monoisotopic (exact) mass is 339 g/mol. The lowest BCUT2D eigenvalue weighted by atomic mass is 10.1. The summed E-state index contributed by atoms with van der Waals surface area (Å²) in [4.78, 5) is 27.2. The van der Waals surface area contributed by atoms with Crippen molar-refractivity contribution in [2.75, 3.05) is 12.4 Å². The van der Waals surface area contributed by atoms with Gasteiger partial charge in [-0.3, -0.25) is 9.59 Å². The van der Waals surface area contributed by atoms with Crippen LogP contribution in [0.5, 0.6) is 0 Å². The summed E-state index contributed by atoms with van der Waals surface area (Å²) in [5, 5.41) is 6.02. The Morgan fingerprint density at radius 3 is 2.72 bits per heavy atom. The zero-order chi connectivity index (χ0) is 18.0. The number of H-pyrrole nitrogens is 1. The second kappa shape index (κ2) is 6.76. The lowest BCUT2D eigenvalue weighted by Gasteiger charge is -2.07. The van der Waals surface area contributed by atoms with E-state index in [1.807, 2.05) is 6.92 Å². The molecule has 0 unspecified atom stereocenters. The van der Waals surface area contributed by atoms with E-state index in [0.29, 0.717) is 16.6 Å². The van der Waals surface area contributed by atoms with Crippen LogP contribution in [0, 0.1) is 12.7 Å². The molecular weight excluding hydrogens is 321 g/mol. The summed E-state index contributed by atoms with van der Waals surface area (Å²) in [5.74, 6) is -0.798. The van der Waals surface area contributed by atoms with Crippen molar-refractivity contribution < 1.29 is 14.0 Å². The Balaban J connectivity index is 1.81. The summed E-state index contributed by atoms with van der Waals surface area (Å²) in [6.45, 7) is 1.85. The number of carbonyl (C=O) groups is 2. The predicted molar refractivity (Wildman–Crippen MR) is 95.2 cm³/mol. The molecule has 0 radical (unpaired) electrons. The first kappa shape index (κ1) is 16.7. The van der Waals surface area contributed by atoms with E-state index in [2.05, 4.69) is 15.6 Å². The van der Waals surface area contributed by atoms with Gasteiger partial charge in [0, 0.05) is 34.9 Å². The molecule has 25 heavy (non-hydrogen) atoms. The number of nitrogens with one attached hydrogen (secondary N) is 3. The first-order chi connectivity index (χ1) is 12.0. The maximum atomic E-state index is 13.5. The zero-order valence-electron chi connectivity index (χ0n) is 13.9. The third kappa shape index (κ3) is 3.52. The Morgan fingerprint density at radius 1 is 1.16 bits per heavy atom. The lowest BCUT2D eigenvalue weighted by Crippen LogP contribution is -2.19.